The van der Waals surface area contributed by atoms with E-state index in [0.29, 0.717) is 18.8 Å². The molecule has 2 heterocycles. The number of fused-ring (bicyclic) bond motifs is 1. The second-order valence-electron chi connectivity index (χ2n) is 6.87. The van der Waals surface area contributed by atoms with Gasteiger partial charge in [0, 0.05) is 13.1 Å². The smallest absolute Gasteiger partial charge is 0.308 e. The Morgan fingerprint density at radius 1 is 1.11 bits per heavy atom. The van der Waals surface area contributed by atoms with Crippen LogP contribution in [0.15, 0.2) is 54.6 Å². The second kappa shape index (κ2) is 7.72. The number of hydrogen-bond acceptors (Lipinski definition) is 4. The van der Waals surface area contributed by atoms with Crippen LogP contribution < -0.4 is 4.74 Å². The van der Waals surface area contributed by atoms with E-state index >= 15 is 0 Å². The van der Waals surface area contributed by atoms with Crippen LogP contribution in [-0.2, 0) is 22.7 Å². The molecule has 1 atom stereocenters. The number of carboxylic acids is 1. The Hall–Kier alpha value is -3.35. The van der Waals surface area contributed by atoms with Crippen LogP contribution in [0.25, 0.3) is 11.0 Å². The van der Waals surface area contributed by atoms with Crippen molar-refractivity contribution in [2.75, 3.05) is 13.1 Å². The topological polar surface area (TPSA) is 84.7 Å². The van der Waals surface area contributed by atoms with E-state index in [1.54, 1.807) is 4.90 Å². The minimum Gasteiger partial charge on any atom is -0.486 e. The van der Waals surface area contributed by atoms with Gasteiger partial charge in [0.05, 0.1) is 17.0 Å². The quantitative estimate of drug-likeness (QED) is 0.711. The Kier molecular flexibility index (Phi) is 4.97. The molecule has 3 aromatic rings. The highest BCUT2D eigenvalue weighted by molar-refractivity contribution is 5.82. The summed E-state index contributed by atoms with van der Waals surface area (Å²) in [4.78, 5) is 30.2. The molecule has 7 heteroatoms. The summed E-state index contributed by atoms with van der Waals surface area (Å²) in [6, 6.07) is 17.1. The van der Waals surface area contributed by atoms with E-state index in [2.05, 4.69) is 4.98 Å². The molecule has 1 amide bonds. The molecule has 1 aliphatic rings. The zero-order chi connectivity index (χ0) is 19.5. The van der Waals surface area contributed by atoms with Crippen LogP contribution in [-0.4, -0.2) is 44.5 Å². The number of imidazole rings is 1. The average Bonchev–Trinajstić information content (AvgIpc) is 3.33. The lowest BCUT2D eigenvalue weighted by molar-refractivity contribution is -0.141. The monoisotopic (exact) mass is 379 g/mol. The van der Waals surface area contributed by atoms with Gasteiger partial charge in [-0.2, -0.15) is 0 Å². The molecule has 0 radical (unpaired) electrons. The van der Waals surface area contributed by atoms with Crippen LogP contribution in [0.2, 0.25) is 0 Å². The zero-order valence-corrected chi connectivity index (χ0v) is 15.3. The van der Waals surface area contributed by atoms with Crippen molar-refractivity contribution in [3.05, 3.63) is 60.4 Å². The molecule has 1 aliphatic heterocycles. The van der Waals surface area contributed by atoms with Gasteiger partial charge in [0.1, 0.15) is 24.7 Å². The maximum absolute atomic E-state index is 12.8. The minimum absolute atomic E-state index is 0.104. The number of para-hydroxylation sites is 3. The van der Waals surface area contributed by atoms with Crippen molar-refractivity contribution in [2.45, 2.75) is 19.6 Å². The molecular weight excluding hydrogens is 358 g/mol. The van der Waals surface area contributed by atoms with Gasteiger partial charge in [0.2, 0.25) is 5.91 Å². The highest BCUT2D eigenvalue weighted by atomic mass is 16.5. The fraction of sp³-hybridized carbons (Fsp3) is 0.286. The molecule has 0 aliphatic carbocycles. The van der Waals surface area contributed by atoms with E-state index in [4.69, 9.17) is 9.84 Å². The molecular formula is C21H21N3O4. The van der Waals surface area contributed by atoms with Crippen molar-refractivity contribution in [1.29, 1.82) is 0 Å². The molecule has 1 saturated heterocycles. The number of nitrogens with zero attached hydrogens (tertiary/aromatic N) is 3. The van der Waals surface area contributed by atoms with Crippen LogP contribution in [0.4, 0.5) is 0 Å². The fourth-order valence-electron chi connectivity index (χ4n) is 3.50. The summed E-state index contributed by atoms with van der Waals surface area (Å²) in [6.07, 6.45) is 0.496. The molecule has 1 N–H and O–H groups in total. The Labute approximate surface area is 162 Å². The number of ether oxygens (including phenoxy) is 1. The minimum atomic E-state index is -0.847. The van der Waals surface area contributed by atoms with Crippen molar-refractivity contribution >= 4 is 22.9 Å². The summed E-state index contributed by atoms with van der Waals surface area (Å²) >= 11 is 0. The van der Waals surface area contributed by atoms with Gasteiger partial charge in [-0.3, -0.25) is 9.59 Å². The predicted octanol–water partition coefficient (Wildman–Crippen LogP) is 2.55. The van der Waals surface area contributed by atoms with Gasteiger partial charge in [-0.1, -0.05) is 30.3 Å². The molecule has 0 bridgehead atoms. The van der Waals surface area contributed by atoms with E-state index in [9.17, 15) is 9.59 Å². The fourth-order valence-corrected chi connectivity index (χ4v) is 3.50. The average molecular weight is 379 g/mol. The lowest BCUT2D eigenvalue weighted by Crippen LogP contribution is -2.33. The van der Waals surface area contributed by atoms with Crippen LogP contribution >= 0.6 is 0 Å². The van der Waals surface area contributed by atoms with E-state index in [-0.39, 0.29) is 25.6 Å². The Morgan fingerprint density at radius 3 is 2.61 bits per heavy atom. The van der Waals surface area contributed by atoms with Crippen molar-refractivity contribution < 1.29 is 19.4 Å². The molecule has 1 unspecified atom stereocenters. The number of hydrogen-bond donors (Lipinski definition) is 1. The van der Waals surface area contributed by atoms with Gasteiger partial charge in [-0.25, -0.2) is 4.98 Å². The zero-order valence-electron chi connectivity index (χ0n) is 15.3. The molecule has 0 spiro atoms. The largest absolute Gasteiger partial charge is 0.486 e. The number of carbonyl (C=O) groups excluding carboxylic acids is 1. The Bertz CT molecular complexity index is 999. The van der Waals surface area contributed by atoms with Gasteiger partial charge < -0.3 is 19.3 Å². The van der Waals surface area contributed by atoms with Gasteiger partial charge in [0.15, 0.2) is 0 Å². The van der Waals surface area contributed by atoms with Crippen LogP contribution in [0.3, 0.4) is 0 Å². The molecule has 4 rings (SSSR count). The number of benzene rings is 2. The molecule has 2 aromatic carbocycles. The number of aliphatic carboxylic acids is 1. The van der Waals surface area contributed by atoms with E-state index < -0.39 is 11.9 Å². The van der Waals surface area contributed by atoms with E-state index in [1.165, 1.54) is 0 Å². The van der Waals surface area contributed by atoms with Crippen molar-refractivity contribution in [3.63, 3.8) is 0 Å². The first-order chi connectivity index (χ1) is 13.6. The SMILES string of the molecule is O=C(O)C1CCN(C(=O)Cn2c(COc3ccccc3)nc3ccccc32)C1. The van der Waals surface area contributed by atoms with Crippen molar-refractivity contribution in [2.24, 2.45) is 5.92 Å². The van der Waals surface area contributed by atoms with E-state index in [0.717, 1.165) is 16.8 Å². The number of likely N-dealkylation sites (tertiary alicyclic amines) is 1. The van der Waals surface area contributed by atoms with Crippen LogP contribution in [0.1, 0.15) is 12.2 Å². The summed E-state index contributed by atoms with van der Waals surface area (Å²) in [6.45, 7) is 1.08. The van der Waals surface area contributed by atoms with Crippen molar-refractivity contribution in [1.82, 2.24) is 14.5 Å². The molecule has 28 heavy (non-hydrogen) atoms. The first-order valence-electron chi connectivity index (χ1n) is 9.24. The first-order valence-corrected chi connectivity index (χ1v) is 9.24. The molecule has 0 saturated carbocycles. The first kappa shape index (κ1) is 18.0. The maximum atomic E-state index is 12.8. The van der Waals surface area contributed by atoms with Crippen LogP contribution in [0, 0.1) is 5.92 Å². The lowest BCUT2D eigenvalue weighted by atomic mass is 10.1. The standard InChI is InChI=1S/C21H21N3O4/c25-20(23-11-10-15(12-23)21(26)27)13-24-18-9-5-4-8-17(18)22-19(24)14-28-16-6-2-1-3-7-16/h1-9,15H,10-14H2,(H,26,27). The van der Waals surface area contributed by atoms with Gasteiger partial charge in [-0.05, 0) is 30.7 Å². The normalized spacial score (nSPS) is 16.4. The maximum Gasteiger partial charge on any atom is 0.308 e. The summed E-state index contributed by atoms with van der Waals surface area (Å²) in [5.41, 5.74) is 1.66. The summed E-state index contributed by atoms with van der Waals surface area (Å²) < 4.78 is 7.69. The number of rotatable bonds is 6. The highest BCUT2D eigenvalue weighted by Gasteiger charge is 2.31. The Balaban J connectivity index is 1.55. The molecule has 1 aromatic heterocycles. The van der Waals surface area contributed by atoms with Gasteiger partial charge in [-0.15, -0.1) is 0 Å². The van der Waals surface area contributed by atoms with Crippen molar-refractivity contribution in [3.8, 4) is 5.75 Å². The van der Waals surface area contributed by atoms with Crippen LogP contribution in [0.5, 0.6) is 5.75 Å². The number of carboxylic acid groups (broad SMARTS) is 1. The lowest BCUT2D eigenvalue weighted by Gasteiger charge is -2.17. The van der Waals surface area contributed by atoms with Gasteiger partial charge >= 0.3 is 5.97 Å². The molecule has 7 nitrogen and oxygen atoms in total. The third-order valence-electron chi connectivity index (χ3n) is 5.03. The third-order valence-corrected chi connectivity index (χ3v) is 5.03. The summed E-state index contributed by atoms with van der Waals surface area (Å²) in [7, 11) is 0. The second-order valence-corrected chi connectivity index (χ2v) is 6.87. The summed E-state index contributed by atoms with van der Waals surface area (Å²) in [5.74, 6) is -0.0405. The predicted molar refractivity (Wildman–Crippen MR) is 103 cm³/mol. The Morgan fingerprint density at radius 2 is 1.86 bits per heavy atom. The highest BCUT2D eigenvalue weighted by Crippen LogP contribution is 2.21. The third kappa shape index (κ3) is 3.69. The number of aromatic nitrogens is 2. The van der Waals surface area contributed by atoms with Gasteiger partial charge in [0.25, 0.3) is 0 Å². The summed E-state index contributed by atoms with van der Waals surface area (Å²) in [5, 5.41) is 9.16. The van der Waals surface area contributed by atoms with E-state index in [1.807, 2.05) is 59.2 Å². The molecule has 144 valence electrons. The molecule has 1 fully saturated rings. The number of carbonyl (C=O) groups is 2. The number of amides is 1.